The number of aryl methyl sites for hydroxylation is 1. The number of hydrogen-bond acceptors (Lipinski definition) is 4. The summed E-state index contributed by atoms with van der Waals surface area (Å²) in [5.74, 6) is -2.16. The second-order valence-corrected chi connectivity index (χ2v) is 7.05. The minimum atomic E-state index is -0.936. The van der Waals surface area contributed by atoms with Crippen LogP contribution in [-0.4, -0.2) is 58.1 Å². The molecule has 0 spiro atoms. The fourth-order valence-electron chi connectivity index (χ4n) is 3.67. The lowest BCUT2D eigenvalue weighted by Gasteiger charge is -2.34. The van der Waals surface area contributed by atoms with Gasteiger partial charge in [0.2, 0.25) is 5.91 Å². The Balaban J connectivity index is 1.76. The van der Waals surface area contributed by atoms with Gasteiger partial charge in [0.05, 0.1) is 6.04 Å². The highest BCUT2D eigenvalue weighted by Gasteiger charge is 2.46. The van der Waals surface area contributed by atoms with Crippen molar-refractivity contribution in [3.63, 3.8) is 0 Å². The van der Waals surface area contributed by atoms with Crippen LogP contribution in [0.3, 0.4) is 0 Å². The summed E-state index contributed by atoms with van der Waals surface area (Å²) in [6.07, 6.45) is 2.79. The van der Waals surface area contributed by atoms with Crippen LogP contribution in [0.1, 0.15) is 43.9 Å². The lowest BCUT2D eigenvalue weighted by Crippen LogP contribution is -2.44. The van der Waals surface area contributed by atoms with E-state index < -0.39 is 30.4 Å². The van der Waals surface area contributed by atoms with Crippen LogP contribution in [-0.2, 0) is 20.8 Å². The highest BCUT2D eigenvalue weighted by molar-refractivity contribution is 6.45. The molecule has 0 unspecified atom stereocenters. The third kappa shape index (κ3) is 2.98. The molecule has 0 N–H and O–H groups in total. The molecule has 3 rings (SSSR count). The zero-order valence-corrected chi connectivity index (χ0v) is 15.3. The van der Waals surface area contributed by atoms with Crippen molar-refractivity contribution in [2.24, 2.45) is 0 Å². The standard InChI is InChI=1S/C19H23N3O4/c1-12(2)22-18(25)17(24)21(19(22)26)11-16(23)20(3)15-10-6-8-13-7-4-5-9-14(13)15/h4-5,7,9,12,15H,6,8,10-11H2,1-3H3/t15-/m1/s1. The van der Waals surface area contributed by atoms with E-state index in [0.717, 1.165) is 34.6 Å². The van der Waals surface area contributed by atoms with E-state index in [1.54, 1.807) is 25.8 Å². The number of likely N-dealkylation sites (N-methyl/N-ethyl adjacent to an activating group) is 1. The minimum Gasteiger partial charge on any atom is -0.337 e. The molecule has 26 heavy (non-hydrogen) atoms. The largest absolute Gasteiger partial charge is 0.337 e. The topological polar surface area (TPSA) is 78.0 Å². The van der Waals surface area contributed by atoms with Crippen molar-refractivity contribution in [2.75, 3.05) is 13.6 Å². The van der Waals surface area contributed by atoms with Crippen molar-refractivity contribution in [1.29, 1.82) is 0 Å². The van der Waals surface area contributed by atoms with E-state index in [1.165, 1.54) is 5.56 Å². The molecule has 0 bridgehead atoms. The molecule has 1 fully saturated rings. The second-order valence-electron chi connectivity index (χ2n) is 7.05. The van der Waals surface area contributed by atoms with E-state index in [9.17, 15) is 19.2 Å². The molecular weight excluding hydrogens is 334 g/mol. The monoisotopic (exact) mass is 357 g/mol. The molecule has 7 nitrogen and oxygen atoms in total. The zero-order valence-electron chi connectivity index (χ0n) is 15.3. The van der Waals surface area contributed by atoms with Crippen molar-refractivity contribution in [1.82, 2.24) is 14.7 Å². The molecule has 1 aromatic carbocycles. The van der Waals surface area contributed by atoms with Gasteiger partial charge in [-0.1, -0.05) is 24.3 Å². The number of nitrogens with zero attached hydrogens (tertiary/aromatic N) is 3. The molecule has 7 heteroatoms. The predicted molar refractivity (Wildman–Crippen MR) is 94.0 cm³/mol. The highest BCUT2D eigenvalue weighted by Crippen LogP contribution is 2.33. The normalized spacial score (nSPS) is 20.0. The summed E-state index contributed by atoms with van der Waals surface area (Å²) in [4.78, 5) is 52.4. The Morgan fingerprint density at radius 2 is 1.88 bits per heavy atom. The molecule has 1 heterocycles. The molecule has 2 aliphatic rings. The Morgan fingerprint density at radius 1 is 1.19 bits per heavy atom. The Labute approximate surface area is 152 Å². The molecule has 0 aromatic heterocycles. The van der Waals surface area contributed by atoms with Gasteiger partial charge < -0.3 is 4.90 Å². The molecule has 1 aromatic rings. The third-order valence-electron chi connectivity index (χ3n) is 5.09. The number of imide groups is 2. The molecule has 5 amide bonds. The van der Waals surface area contributed by atoms with E-state index in [2.05, 4.69) is 6.07 Å². The first-order valence-corrected chi connectivity index (χ1v) is 8.85. The first kappa shape index (κ1) is 18.1. The number of urea groups is 1. The zero-order chi connectivity index (χ0) is 19.0. The summed E-state index contributed by atoms with van der Waals surface area (Å²) in [5.41, 5.74) is 2.33. The fourth-order valence-corrected chi connectivity index (χ4v) is 3.67. The molecule has 1 aliphatic carbocycles. The van der Waals surface area contributed by atoms with Gasteiger partial charge in [-0.15, -0.1) is 0 Å². The number of hydrogen-bond donors (Lipinski definition) is 0. The summed E-state index contributed by atoms with van der Waals surface area (Å²) in [5, 5.41) is 0. The van der Waals surface area contributed by atoms with Gasteiger partial charge in [-0.25, -0.2) is 9.69 Å². The number of carbonyl (C=O) groups excluding carboxylic acids is 4. The molecule has 1 atom stereocenters. The summed E-state index contributed by atoms with van der Waals surface area (Å²) in [7, 11) is 1.68. The Kier molecular flexibility index (Phi) is 4.80. The number of fused-ring (bicyclic) bond motifs is 1. The molecular formula is C19H23N3O4. The Bertz CT molecular complexity index is 774. The number of rotatable bonds is 4. The van der Waals surface area contributed by atoms with Crippen LogP contribution in [0.4, 0.5) is 4.79 Å². The van der Waals surface area contributed by atoms with Gasteiger partial charge in [0.25, 0.3) is 0 Å². The van der Waals surface area contributed by atoms with E-state index in [-0.39, 0.29) is 11.9 Å². The van der Waals surface area contributed by atoms with Crippen LogP contribution in [0.15, 0.2) is 24.3 Å². The predicted octanol–water partition coefficient (Wildman–Crippen LogP) is 1.72. The second kappa shape index (κ2) is 6.90. The lowest BCUT2D eigenvalue weighted by molar-refractivity contribution is -0.145. The minimum absolute atomic E-state index is 0.0860. The van der Waals surface area contributed by atoms with Crippen LogP contribution in [0.5, 0.6) is 0 Å². The Morgan fingerprint density at radius 3 is 2.54 bits per heavy atom. The van der Waals surface area contributed by atoms with E-state index in [4.69, 9.17) is 0 Å². The highest BCUT2D eigenvalue weighted by atomic mass is 16.2. The van der Waals surface area contributed by atoms with Gasteiger partial charge in [0.1, 0.15) is 6.54 Å². The molecule has 0 saturated carbocycles. The smallest absolute Gasteiger partial charge is 0.334 e. The van der Waals surface area contributed by atoms with Gasteiger partial charge in [-0.05, 0) is 44.2 Å². The van der Waals surface area contributed by atoms with Gasteiger partial charge in [0, 0.05) is 13.1 Å². The van der Waals surface area contributed by atoms with Crippen LogP contribution >= 0.6 is 0 Å². The van der Waals surface area contributed by atoms with Crippen molar-refractivity contribution in [3.8, 4) is 0 Å². The maximum absolute atomic E-state index is 12.7. The molecule has 138 valence electrons. The van der Waals surface area contributed by atoms with Crippen LogP contribution in [0.25, 0.3) is 0 Å². The van der Waals surface area contributed by atoms with Gasteiger partial charge in [0.15, 0.2) is 0 Å². The third-order valence-corrected chi connectivity index (χ3v) is 5.09. The summed E-state index contributed by atoms with van der Waals surface area (Å²) >= 11 is 0. The van der Waals surface area contributed by atoms with E-state index >= 15 is 0 Å². The van der Waals surface area contributed by atoms with Crippen molar-refractivity contribution >= 4 is 23.8 Å². The quantitative estimate of drug-likeness (QED) is 0.607. The Hall–Kier alpha value is -2.70. The van der Waals surface area contributed by atoms with Crippen molar-refractivity contribution < 1.29 is 19.2 Å². The average Bonchev–Trinajstić information content (AvgIpc) is 2.83. The summed E-state index contributed by atoms with van der Waals surface area (Å²) in [6, 6.07) is 6.77. The molecule has 1 aliphatic heterocycles. The maximum atomic E-state index is 12.7. The first-order valence-electron chi connectivity index (χ1n) is 8.85. The number of carbonyl (C=O) groups is 4. The lowest BCUT2D eigenvalue weighted by atomic mass is 9.87. The number of benzene rings is 1. The molecule has 1 saturated heterocycles. The van der Waals surface area contributed by atoms with E-state index in [0.29, 0.717) is 0 Å². The summed E-state index contributed by atoms with van der Waals surface area (Å²) in [6.45, 7) is 2.89. The van der Waals surface area contributed by atoms with Gasteiger partial charge in [-0.3, -0.25) is 19.3 Å². The van der Waals surface area contributed by atoms with Gasteiger partial charge >= 0.3 is 17.8 Å². The van der Waals surface area contributed by atoms with Crippen molar-refractivity contribution in [3.05, 3.63) is 35.4 Å². The summed E-state index contributed by atoms with van der Waals surface area (Å²) < 4.78 is 0. The SMILES string of the molecule is CC(C)N1C(=O)C(=O)N(CC(=O)N(C)[C@@H]2CCCc3ccccc32)C1=O. The van der Waals surface area contributed by atoms with E-state index in [1.807, 2.05) is 18.2 Å². The van der Waals surface area contributed by atoms with Gasteiger partial charge in [-0.2, -0.15) is 0 Å². The fraction of sp³-hybridized carbons (Fsp3) is 0.474. The van der Waals surface area contributed by atoms with Crippen molar-refractivity contribution in [2.45, 2.75) is 45.2 Å². The first-order chi connectivity index (χ1) is 12.3. The number of amides is 5. The van der Waals surface area contributed by atoms with Crippen LogP contribution in [0, 0.1) is 0 Å². The maximum Gasteiger partial charge on any atom is 0.334 e. The van der Waals surface area contributed by atoms with Crippen LogP contribution in [0.2, 0.25) is 0 Å². The average molecular weight is 357 g/mol. The molecule has 0 radical (unpaired) electrons. The van der Waals surface area contributed by atoms with Crippen LogP contribution < -0.4 is 0 Å².